The summed E-state index contributed by atoms with van der Waals surface area (Å²) >= 11 is 0. The van der Waals surface area contributed by atoms with E-state index >= 15 is 0 Å². The van der Waals surface area contributed by atoms with E-state index in [9.17, 15) is 9.90 Å². The summed E-state index contributed by atoms with van der Waals surface area (Å²) in [5, 5.41) is 12.5. The Balaban J connectivity index is 3.35. The number of piperidine rings is 1. The molecule has 0 amide bonds. The number of aliphatic hydroxyl groups is 1. The molecule has 0 aromatic rings. The molecule has 1 saturated heterocycles. The molecule has 1 N–H and O–H groups in total. The number of aliphatic hydroxyl groups excluding tert-OH is 1. The SMILES string of the molecule is C[Si](C)(C)C(=C=O)/C(=C(\O)N1CCCCC1)[Si](C)(C)C. The Labute approximate surface area is 125 Å². The van der Waals surface area contributed by atoms with Crippen molar-refractivity contribution >= 4 is 22.1 Å². The molecule has 0 aromatic heterocycles. The third kappa shape index (κ3) is 4.11. The first-order valence-electron chi connectivity index (χ1n) is 7.53. The number of carbonyl (C=O) groups excluding carboxylic acids is 1. The number of hydrogen-bond acceptors (Lipinski definition) is 3. The van der Waals surface area contributed by atoms with Gasteiger partial charge in [0.15, 0.2) is 5.88 Å². The zero-order valence-corrected chi connectivity index (χ0v) is 15.8. The molecule has 1 heterocycles. The summed E-state index contributed by atoms with van der Waals surface area (Å²) in [6, 6.07) is 0. The molecule has 0 aromatic carbocycles. The van der Waals surface area contributed by atoms with Crippen molar-refractivity contribution in [3.63, 3.8) is 0 Å². The molecule has 114 valence electrons. The average Bonchev–Trinajstić information content (AvgIpc) is 2.33. The summed E-state index contributed by atoms with van der Waals surface area (Å²) in [6.07, 6.45) is 3.47. The summed E-state index contributed by atoms with van der Waals surface area (Å²) in [5.41, 5.74) is 0. The molecule has 0 atom stereocenters. The predicted molar refractivity (Wildman–Crippen MR) is 91.0 cm³/mol. The van der Waals surface area contributed by atoms with Gasteiger partial charge in [-0.2, -0.15) is 0 Å². The molecule has 20 heavy (non-hydrogen) atoms. The summed E-state index contributed by atoms with van der Waals surface area (Å²) in [7, 11) is -3.61. The molecule has 0 unspecified atom stereocenters. The molecule has 0 bridgehead atoms. The van der Waals surface area contributed by atoms with Crippen molar-refractivity contribution in [3.05, 3.63) is 16.3 Å². The average molecular weight is 312 g/mol. The summed E-state index contributed by atoms with van der Waals surface area (Å²) in [6.45, 7) is 14.8. The van der Waals surface area contributed by atoms with Gasteiger partial charge in [0.2, 0.25) is 0 Å². The lowest BCUT2D eigenvalue weighted by Crippen LogP contribution is -2.40. The minimum atomic E-state index is -1.80. The van der Waals surface area contributed by atoms with Crippen LogP contribution in [-0.2, 0) is 4.79 Å². The fraction of sp³-hybridized carbons (Fsp3) is 0.733. The molecule has 1 fully saturated rings. The van der Waals surface area contributed by atoms with Gasteiger partial charge in [-0.05, 0) is 19.3 Å². The second-order valence-corrected chi connectivity index (χ2v) is 17.7. The third-order valence-electron chi connectivity index (χ3n) is 3.73. The van der Waals surface area contributed by atoms with Gasteiger partial charge in [-0.3, -0.25) is 0 Å². The molecule has 0 aliphatic carbocycles. The first-order chi connectivity index (χ1) is 9.09. The van der Waals surface area contributed by atoms with Crippen LogP contribution in [0.3, 0.4) is 0 Å². The standard InChI is InChI=1S/C15H29NO2Si2/c1-19(2,3)13(12-17)14(20(4,5)6)15(18)16-10-8-7-9-11-16/h18H,7-11H2,1-6H3/b15-14+. The van der Waals surface area contributed by atoms with E-state index in [1.54, 1.807) is 0 Å². The van der Waals surface area contributed by atoms with Gasteiger partial charge in [0, 0.05) is 23.5 Å². The van der Waals surface area contributed by atoms with E-state index in [0.29, 0.717) is 5.88 Å². The van der Waals surface area contributed by atoms with Crippen LogP contribution in [-0.4, -0.2) is 45.2 Å². The Bertz CT molecular complexity index is 432. The molecule has 1 aliphatic rings. The Hall–Kier alpha value is -0.776. The highest BCUT2D eigenvalue weighted by Gasteiger charge is 2.36. The Kier molecular flexibility index (Phi) is 5.47. The van der Waals surface area contributed by atoms with Gasteiger partial charge in [-0.15, -0.1) is 0 Å². The van der Waals surface area contributed by atoms with Crippen molar-refractivity contribution in [1.29, 1.82) is 0 Å². The molecule has 1 rings (SSSR count). The van der Waals surface area contributed by atoms with E-state index in [4.69, 9.17) is 0 Å². The van der Waals surface area contributed by atoms with Gasteiger partial charge in [0.1, 0.15) is 5.94 Å². The molecule has 0 radical (unpaired) electrons. The summed E-state index contributed by atoms with van der Waals surface area (Å²) in [5.74, 6) is 2.55. The lowest BCUT2D eigenvalue weighted by atomic mass is 10.1. The van der Waals surface area contributed by atoms with Gasteiger partial charge in [0.05, 0.1) is 16.1 Å². The molecule has 0 saturated carbocycles. The van der Waals surface area contributed by atoms with Crippen LogP contribution in [0.25, 0.3) is 0 Å². The van der Waals surface area contributed by atoms with E-state index in [1.165, 1.54) is 6.42 Å². The molecule has 5 heteroatoms. The van der Waals surface area contributed by atoms with Crippen molar-refractivity contribution in [1.82, 2.24) is 4.90 Å². The van der Waals surface area contributed by atoms with E-state index < -0.39 is 16.1 Å². The fourth-order valence-electron chi connectivity index (χ4n) is 2.67. The maximum absolute atomic E-state index is 11.6. The van der Waals surface area contributed by atoms with Crippen LogP contribution in [0.2, 0.25) is 39.3 Å². The third-order valence-corrected chi connectivity index (χ3v) is 7.81. The highest BCUT2D eigenvalue weighted by atomic mass is 28.3. The zero-order valence-electron chi connectivity index (χ0n) is 13.8. The predicted octanol–water partition coefficient (Wildman–Crippen LogP) is 3.75. The maximum atomic E-state index is 11.6. The Morgan fingerprint density at radius 1 is 0.950 bits per heavy atom. The Morgan fingerprint density at radius 2 is 1.45 bits per heavy atom. The highest BCUT2D eigenvalue weighted by molar-refractivity contribution is 6.93. The van der Waals surface area contributed by atoms with Crippen molar-refractivity contribution < 1.29 is 9.90 Å². The van der Waals surface area contributed by atoms with E-state index in [-0.39, 0.29) is 0 Å². The number of nitrogens with zero attached hydrogens (tertiary/aromatic N) is 1. The van der Waals surface area contributed by atoms with Crippen molar-refractivity contribution in [2.75, 3.05) is 13.1 Å². The van der Waals surface area contributed by atoms with Crippen LogP contribution >= 0.6 is 0 Å². The molecular formula is C15H29NO2Si2. The van der Waals surface area contributed by atoms with Crippen molar-refractivity contribution in [2.45, 2.75) is 58.5 Å². The van der Waals surface area contributed by atoms with Gasteiger partial charge < -0.3 is 10.0 Å². The van der Waals surface area contributed by atoms with Crippen LogP contribution in [0.4, 0.5) is 0 Å². The molecule has 3 nitrogen and oxygen atoms in total. The largest absolute Gasteiger partial charge is 0.495 e. The number of likely N-dealkylation sites (tertiary alicyclic amines) is 1. The van der Waals surface area contributed by atoms with Gasteiger partial charge in [-0.25, -0.2) is 4.79 Å². The normalized spacial score (nSPS) is 18.4. The maximum Gasteiger partial charge on any atom is 0.186 e. The van der Waals surface area contributed by atoms with E-state index in [1.807, 2.05) is 0 Å². The smallest absolute Gasteiger partial charge is 0.186 e. The lowest BCUT2D eigenvalue weighted by Gasteiger charge is -2.34. The van der Waals surface area contributed by atoms with Crippen molar-refractivity contribution in [2.24, 2.45) is 0 Å². The zero-order chi connectivity index (χ0) is 15.6. The second kappa shape index (κ2) is 6.33. The summed E-state index contributed by atoms with van der Waals surface area (Å²) in [4.78, 5) is 13.6. The van der Waals surface area contributed by atoms with Crippen LogP contribution < -0.4 is 0 Å². The first-order valence-corrected chi connectivity index (χ1v) is 14.5. The molecule has 0 spiro atoms. The van der Waals surface area contributed by atoms with Crippen LogP contribution in [0.15, 0.2) is 16.3 Å². The number of hydrogen-bond donors (Lipinski definition) is 1. The minimum Gasteiger partial charge on any atom is -0.495 e. The monoisotopic (exact) mass is 311 g/mol. The second-order valence-electron chi connectivity index (χ2n) is 7.72. The van der Waals surface area contributed by atoms with Gasteiger partial charge in [-0.1, -0.05) is 39.3 Å². The lowest BCUT2D eigenvalue weighted by molar-refractivity contribution is 0.173. The quantitative estimate of drug-likeness (QED) is 0.372. The topological polar surface area (TPSA) is 40.5 Å². The molecule has 1 aliphatic heterocycles. The van der Waals surface area contributed by atoms with Gasteiger partial charge in [0.25, 0.3) is 0 Å². The minimum absolute atomic E-state index is 0.365. The van der Waals surface area contributed by atoms with Gasteiger partial charge >= 0.3 is 0 Å². The molecular weight excluding hydrogens is 282 g/mol. The Morgan fingerprint density at radius 3 is 1.80 bits per heavy atom. The van der Waals surface area contributed by atoms with Crippen molar-refractivity contribution in [3.8, 4) is 0 Å². The van der Waals surface area contributed by atoms with E-state index in [2.05, 4.69) is 50.1 Å². The number of allylic oxidation sites excluding steroid dienone is 2. The summed E-state index contributed by atoms with van der Waals surface area (Å²) < 4.78 is 0. The van der Waals surface area contributed by atoms with Crippen LogP contribution in [0, 0.1) is 0 Å². The van der Waals surface area contributed by atoms with Crippen LogP contribution in [0.5, 0.6) is 0 Å². The fourth-order valence-corrected chi connectivity index (χ4v) is 7.71. The first kappa shape index (κ1) is 17.3. The van der Waals surface area contributed by atoms with E-state index in [0.717, 1.165) is 36.3 Å². The number of rotatable bonds is 4. The highest BCUT2D eigenvalue weighted by Crippen LogP contribution is 2.32. The van der Waals surface area contributed by atoms with Crippen LogP contribution in [0.1, 0.15) is 19.3 Å².